The first-order valence-electron chi connectivity index (χ1n) is 7.65. The average molecular weight is 280 g/mol. The monoisotopic (exact) mass is 280 g/mol. The molecule has 0 fully saturated rings. The van der Waals surface area contributed by atoms with Crippen LogP contribution in [0.4, 0.5) is 0 Å². The van der Waals surface area contributed by atoms with E-state index in [1.807, 2.05) is 6.07 Å². The van der Waals surface area contributed by atoms with E-state index in [0.29, 0.717) is 12.5 Å². The maximum atomic E-state index is 5.76. The van der Waals surface area contributed by atoms with Gasteiger partial charge >= 0.3 is 0 Å². The molecule has 0 heterocycles. The van der Waals surface area contributed by atoms with Gasteiger partial charge in [0.25, 0.3) is 0 Å². The van der Waals surface area contributed by atoms with Crippen LogP contribution in [0.1, 0.15) is 24.5 Å². The summed E-state index contributed by atoms with van der Waals surface area (Å²) in [4.78, 5) is 0. The van der Waals surface area contributed by atoms with Gasteiger partial charge in [0.1, 0.15) is 0 Å². The third kappa shape index (κ3) is 6.42. The molecule has 1 unspecified atom stereocenters. The second-order valence-corrected chi connectivity index (χ2v) is 5.50. The van der Waals surface area contributed by atoms with E-state index in [4.69, 9.17) is 4.74 Å². The third-order valence-corrected chi connectivity index (χ3v) is 3.42. The molecule has 2 aromatic carbocycles. The summed E-state index contributed by atoms with van der Waals surface area (Å²) in [6, 6.07) is 20.9. The molecule has 0 spiro atoms. The fraction of sp³-hybridized carbons (Fsp3) is 0.300. The van der Waals surface area contributed by atoms with Crippen molar-refractivity contribution in [2.24, 2.45) is 5.92 Å². The van der Waals surface area contributed by atoms with Crippen molar-refractivity contribution >= 4 is 0 Å². The van der Waals surface area contributed by atoms with E-state index in [0.717, 1.165) is 19.4 Å². The van der Waals surface area contributed by atoms with Crippen LogP contribution in [0.15, 0.2) is 72.8 Å². The molecule has 21 heavy (non-hydrogen) atoms. The first kappa shape index (κ1) is 15.5. The van der Waals surface area contributed by atoms with Crippen LogP contribution in [-0.2, 0) is 17.8 Å². The maximum absolute atomic E-state index is 5.76. The highest BCUT2D eigenvalue weighted by Gasteiger charge is 2.00. The van der Waals surface area contributed by atoms with Gasteiger partial charge in [0.2, 0.25) is 0 Å². The third-order valence-electron chi connectivity index (χ3n) is 3.42. The molecule has 110 valence electrons. The topological polar surface area (TPSA) is 9.23 Å². The predicted octanol–water partition coefficient (Wildman–Crippen LogP) is 5.03. The lowest BCUT2D eigenvalue weighted by Crippen LogP contribution is -2.05. The molecule has 0 saturated heterocycles. The van der Waals surface area contributed by atoms with Gasteiger partial charge in [-0.25, -0.2) is 0 Å². The second-order valence-electron chi connectivity index (χ2n) is 5.50. The average Bonchev–Trinajstić information content (AvgIpc) is 2.54. The van der Waals surface area contributed by atoms with Crippen molar-refractivity contribution in [2.45, 2.75) is 26.4 Å². The van der Waals surface area contributed by atoms with Crippen LogP contribution in [0.3, 0.4) is 0 Å². The standard InChI is InChI=1S/C20H24O/c1-18(16-21-17-20-14-6-3-7-15-20)10-8-9-13-19-11-4-2-5-12-19/h2-9,11-12,14-15,18H,10,13,16-17H2,1H3/b9-8-. The van der Waals surface area contributed by atoms with Crippen LogP contribution in [0.25, 0.3) is 0 Å². The Labute approximate surface area is 128 Å². The maximum Gasteiger partial charge on any atom is 0.0717 e. The fourth-order valence-electron chi connectivity index (χ4n) is 2.18. The van der Waals surface area contributed by atoms with Crippen molar-refractivity contribution in [3.63, 3.8) is 0 Å². The minimum atomic E-state index is 0.556. The molecule has 0 aliphatic heterocycles. The van der Waals surface area contributed by atoms with E-state index < -0.39 is 0 Å². The van der Waals surface area contributed by atoms with Crippen LogP contribution < -0.4 is 0 Å². The highest BCUT2D eigenvalue weighted by atomic mass is 16.5. The molecular weight excluding hydrogens is 256 g/mol. The first-order valence-corrected chi connectivity index (χ1v) is 7.65. The quantitative estimate of drug-likeness (QED) is 0.616. The number of ether oxygens (including phenoxy) is 1. The van der Waals surface area contributed by atoms with Crippen LogP contribution in [0.2, 0.25) is 0 Å². The fourth-order valence-corrected chi connectivity index (χ4v) is 2.18. The van der Waals surface area contributed by atoms with Crippen LogP contribution in [-0.4, -0.2) is 6.61 Å². The molecule has 0 radical (unpaired) electrons. The summed E-state index contributed by atoms with van der Waals surface area (Å²) in [5.74, 6) is 0.556. The van der Waals surface area contributed by atoms with Crippen LogP contribution in [0.5, 0.6) is 0 Å². The molecule has 1 heteroatoms. The van der Waals surface area contributed by atoms with Crippen molar-refractivity contribution < 1.29 is 4.74 Å². The van der Waals surface area contributed by atoms with E-state index in [1.165, 1.54) is 11.1 Å². The van der Waals surface area contributed by atoms with Gasteiger partial charge in [-0.15, -0.1) is 0 Å². The number of hydrogen-bond acceptors (Lipinski definition) is 1. The molecule has 0 N–H and O–H groups in total. The molecule has 0 aliphatic rings. The van der Waals surface area contributed by atoms with E-state index in [1.54, 1.807) is 0 Å². The Bertz CT molecular complexity index is 516. The van der Waals surface area contributed by atoms with Gasteiger partial charge in [0, 0.05) is 6.61 Å². The van der Waals surface area contributed by atoms with Crippen molar-refractivity contribution in [2.75, 3.05) is 6.61 Å². The normalized spacial score (nSPS) is 12.6. The largest absolute Gasteiger partial charge is 0.376 e. The Kier molecular flexibility index (Phi) is 6.76. The Hall–Kier alpha value is -1.86. The van der Waals surface area contributed by atoms with Crippen molar-refractivity contribution in [3.05, 3.63) is 83.9 Å². The molecule has 1 atom stereocenters. The number of benzene rings is 2. The predicted molar refractivity (Wildman–Crippen MR) is 89.2 cm³/mol. The van der Waals surface area contributed by atoms with Crippen LogP contribution >= 0.6 is 0 Å². The SMILES string of the molecule is CC(C/C=C\Cc1ccccc1)COCc1ccccc1. The number of rotatable bonds is 8. The summed E-state index contributed by atoms with van der Waals surface area (Å²) in [6.45, 7) is 3.75. The summed E-state index contributed by atoms with van der Waals surface area (Å²) in [6.07, 6.45) is 6.60. The molecule has 2 aromatic rings. The number of hydrogen-bond donors (Lipinski definition) is 0. The van der Waals surface area contributed by atoms with Gasteiger partial charge in [0.15, 0.2) is 0 Å². The molecule has 2 rings (SSSR count). The van der Waals surface area contributed by atoms with Gasteiger partial charge in [-0.05, 0) is 29.9 Å². The van der Waals surface area contributed by atoms with Gasteiger partial charge in [-0.3, -0.25) is 0 Å². The second kappa shape index (κ2) is 9.15. The number of allylic oxidation sites excluding steroid dienone is 2. The smallest absolute Gasteiger partial charge is 0.0717 e. The van der Waals surface area contributed by atoms with E-state index in [9.17, 15) is 0 Å². The zero-order chi connectivity index (χ0) is 14.8. The van der Waals surface area contributed by atoms with Gasteiger partial charge < -0.3 is 4.74 Å². The summed E-state index contributed by atoms with van der Waals surface area (Å²) < 4.78 is 5.76. The zero-order valence-corrected chi connectivity index (χ0v) is 12.7. The van der Waals surface area contributed by atoms with Crippen LogP contribution in [0, 0.1) is 5.92 Å². The highest BCUT2D eigenvalue weighted by Crippen LogP contribution is 2.08. The minimum absolute atomic E-state index is 0.556. The van der Waals surface area contributed by atoms with Gasteiger partial charge in [0.05, 0.1) is 6.61 Å². The Morgan fingerprint density at radius 2 is 1.48 bits per heavy atom. The highest BCUT2D eigenvalue weighted by molar-refractivity contribution is 5.17. The summed E-state index contributed by atoms with van der Waals surface area (Å²) in [5.41, 5.74) is 2.60. The molecule has 0 aromatic heterocycles. The van der Waals surface area contributed by atoms with Crippen molar-refractivity contribution in [3.8, 4) is 0 Å². The molecule has 1 nitrogen and oxygen atoms in total. The minimum Gasteiger partial charge on any atom is -0.376 e. The van der Waals surface area contributed by atoms with E-state index in [2.05, 4.69) is 73.7 Å². The summed E-state index contributed by atoms with van der Waals surface area (Å²) in [7, 11) is 0. The first-order chi connectivity index (χ1) is 10.3. The molecular formula is C20H24O. The van der Waals surface area contributed by atoms with Crippen molar-refractivity contribution in [1.82, 2.24) is 0 Å². The summed E-state index contributed by atoms with van der Waals surface area (Å²) >= 11 is 0. The molecule has 0 saturated carbocycles. The lowest BCUT2D eigenvalue weighted by Gasteiger charge is -2.09. The Balaban J connectivity index is 1.60. The van der Waals surface area contributed by atoms with E-state index >= 15 is 0 Å². The lowest BCUT2D eigenvalue weighted by atomic mass is 10.1. The molecule has 0 aliphatic carbocycles. The van der Waals surface area contributed by atoms with Crippen molar-refractivity contribution in [1.29, 1.82) is 0 Å². The zero-order valence-electron chi connectivity index (χ0n) is 12.7. The van der Waals surface area contributed by atoms with Gasteiger partial charge in [-0.1, -0.05) is 79.7 Å². The summed E-state index contributed by atoms with van der Waals surface area (Å²) in [5, 5.41) is 0. The Morgan fingerprint density at radius 3 is 2.14 bits per heavy atom. The van der Waals surface area contributed by atoms with E-state index in [-0.39, 0.29) is 0 Å². The molecule has 0 amide bonds. The molecule has 0 bridgehead atoms. The van der Waals surface area contributed by atoms with Gasteiger partial charge in [-0.2, -0.15) is 0 Å². The Morgan fingerprint density at radius 1 is 0.857 bits per heavy atom. The lowest BCUT2D eigenvalue weighted by molar-refractivity contribution is 0.0929.